The first kappa shape index (κ1) is 21.4. The Labute approximate surface area is 181 Å². The van der Waals surface area contributed by atoms with Gasteiger partial charge in [0.15, 0.2) is 0 Å². The van der Waals surface area contributed by atoms with Crippen molar-refractivity contribution in [1.29, 1.82) is 0 Å². The van der Waals surface area contributed by atoms with Crippen molar-refractivity contribution < 1.29 is 18.3 Å². The van der Waals surface area contributed by atoms with Gasteiger partial charge in [-0.25, -0.2) is 4.57 Å². The van der Waals surface area contributed by atoms with E-state index in [1.807, 2.05) is 62.8 Å². The molecule has 0 radical (unpaired) electrons. The summed E-state index contributed by atoms with van der Waals surface area (Å²) in [5, 5.41) is 1.68. The smallest absolute Gasteiger partial charge is 0.439 e. The van der Waals surface area contributed by atoms with Gasteiger partial charge in [-0.05, 0) is 55.9 Å². The zero-order valence-electron chi connectivity index (χ0n) is 17.4. The van der Waals surface area contributed by atoms with Crippen LogP contribution in [0.4, 0.5) is 0 Å². The number of aromatic nitrogens is 1. The molecule has 0 bridgehead atoms. The second kappa shape index (κ2) is 8.74. The highest BCUT2D eigenvalue weighted by atomic mass is 35.5. The topological polar surface area (TPSA) is 52.9 Å². The summed E-state index contributed by atoms with van der Waals surface area (Å²) >= 11 is 6.01. The average molecular weight is 449 g/mol. The van der Waals surface area contributed by atoms with E-state index in [9.17, 15) is 4.57 Å². The number of benzene rings is 2. The molecule has 2 unspecified atom stereocenters. The summed E-state index contributed by atoms with van der Waals surface area (Å²) in [5.74, 6) is 0.693. The van der Waals surface area contributed by atoms with E-state index in [2.05, 4.69) is 4.90 Å². The maximum absolute atomic E-state index is 13.9. The van der Waals surface area contributed by atoms with Crippen LogP contribution in [0.5, 0.6) is 5.75 Å². The number of fused-ring (bicyclic) bond motifs is 1. The molecule has 0 saturated carbocycles. The van der Waals surface area contributed by atoms with Gasteiger partial charge in [0.05, 0.1) is 25.3 Å². The predicted molar refractivity (Wildman–Crippen MR) is 120 cm³/mol. The molecule has 3 aromatic rings. The van der Waals surface area contributed by atoms with Crippen molar-refractivity contribution in [3.63, 3.8) is 0 Å². The van der Waals surface area contributed by atoms with Crippen LogP contribution in [0.1, 0.15) is 23.7 Å². The van der Waals surface area contributed by atoms with Gasteiger partial charge in [-0.1, -0.05) is 23.7 Å². The third-order valence-electron chi connectivity index (χ3n) is 5.30. The maximum atomic E-state index is 13.9. The van der Waals surface area contributed by atoms with E-state index < -0.39 is 7.75 Å². The standard InChI is InChI=1S/C22H26ClN2O4P/c1-24(2)12-10-17-15-25(21-14-19(27-3)8-9-20(17)21)30(26)28-13-11-22(29-30)16-4-6-18(23)7-5-16/h4-9,14-15,22H,10-13H2,1-3H3. The van der Waals surface area contributed by atoms with E-state index in [1.54, 1.807) is 11.4 Å². The van der Waals surface area contributed by atoms with Crippen molar-refractivity contribution in [3.8, 4) is 5.75 Å². The van der Waals surface area contributed by atoms with Crippen molar-refractivity contribution >= 4 is 30.3 Å². The van der Waals surface area contributed by atoms with Crippen LogP contribution < -0.4 is 4.74 Å². The van der Waals surface area contributed by atoms with Gasteiger partial charge in [0.2, 0.25) is 0 Å². The molecular weight excluding hydrogens is 423 g/mol. The molecule has 1 fully saturated rings. The van der Waals surface area contributed by atoms with Gasteiger partial charge in [0.1, 0.15) is 5.75 Å². The summed E-state index contributed by atoms with van der Waals surface area (Å²) in [5.41, 5.74) is 2.81. The Morgan fingerprint density at radius 2 is 2.00 bits per heavy atom. The number of hydrogen-bond donors (Lipinski definition) is 0. The molecule has 2 aromatic carbocycles. The fourth-order valence-electron chi connectivity index (χ4n) is 3.67. The molecule has 6 nitrogen and oxygen atoms in total. The third-order valence-corrected chi connectivity index (χ3v) is 7.45. The molecule has 160 valence electrons. The van der Waals surface area contributed by atoms with Gasteiger partial charge in [-0.2, -0.15) is 0 Å². The molecule has 0 aliphatic carbocycles. The van der Waals surface area contributed by atoms with Crippen LogP contribution in [0.3, 0.4) is 0 Å². The number of nitrogens with zero attached hydrogens (tertiary/aromatic N) is 2. The maximum Gasteiger partial charge on any atom is 0.439 e. The van der Waals surface area contributed by atoms with Crippen molar-refractivity contribution in [2.45, 2.75) is 18.9 Å². The van der Waals surface area contributed by atoms with Gasteiger partial charge >= 0.3 is 7.75 Å². The second-order valence-electron chi connectivity index (χ2n) is 7.67. The van der Waals surface area contributed by atoms with E-state index in [4.69, 9.17) is 25.4 Å². The number of hydrogen-bond acceptors (Lipinski definition) is 5. The van der Waals surface area contributed by atoms with Crippen molar-refractivity contribution in [2.24, 2.45) is 0 Å². The van der Waals surface area contributed by atoms with Gasteiger partial charge in [0, 0.05) is 35.6 Å². The summed E-state index contributed by atoms with van der Waals surface area (Å²) in [7, 11) is 2.10. The molecule has 8 heteroatoms. The molecule has 1 aromatic heterocycles. The quantitative estimate of drug-likeness (QED) is 0.463. The van der Waals surface area contributed by atoms with Crippen molar-refractivity contribution in [1.82, 2.24) is 9.24 Å². The first-order valence-corrected chi connectivity index (χ1v) is 11.8. The lowest BCUT2D eigenvalue weighted by molar-refractivity contribution is 0.0771. The fraction of sp³-hybridized carbons (Fsp3) is 0.364. The number of likely N-dealkylation sites (N-methyl/N-ethyl adjacent to an activating group) is 1. The number of methoxy groups -OCH3 is 1. The van der Waals surface area contributed by atoms with Gasteiger partial charge < -0.3 is 9.64 Å². The van der Waals surface area contributed by atoms with Crippen molar-refractivity contribution in [2.75, 3.05) is 34.4 Å². The molecular formula is C22H26ClN2O4P. The number of ether oxygens (including phenoxy) is 1. The first-order chi connectivity index (χ1) is 14.4. The largest absolute Gasteiger partial charge is 0.497 e. The molecule has 1 saturated heterocycles. The van der Waals surface area contributed by atoms with Crippen LogP contribution in [0.15, 0.2) is 48.7 Å². The minimum Gasteiger partial charge on any atom is -0.497 e. The molecule has 0 N–H and O–H groups in total. The second-order valence-corrected chi connectivity index (χ2v) is 9.94. The zero-order valence-corrected chi connectivity index (χ0v) is 19.0. The van der Waals surface area contributed by atoms with E-state index in [0.29, 0.717) is 23.8 Å². The minimum atomic E-state index is -3.59. The normalized spacial score (nSPS) is 22.0. The predicted octanol–water partition coefficient (Wildman–Crippen LogP) is 5.54. The van der Waals surface area contributed by atoms with Crippen LogP contribution in [0, 0.1) is 0 Å². The summed E-state index contributed by atoms with van der Waals surface area (Å²) in [6.07, 6.45) is 3.03. The van der Waals surface area contributed by atoms with E-state index in [1.165, 1.54) is 0 Å². The Hall–Kier alpha value is -1.82. The SMILES string of the molecule is COc1ccc2c(CCN(C)C)cn(P3(=O)OCCC(c4ccc(Cl)cc4)O3)c2c1. The summed E-state index contributed by atoms with van der Waals surface area (Å²) in [4.78, 5) is 2.12. The molecule has 1 aliphatic rings. The van der Waals surface area contributed by atoms with Gasteiger partial charge in [0.25, 0.3) is 0 Å². The van der Waals surface area contributed by atoms with Crippen LogP contribution in [0.2, 0.25) is 5.02 Å². The number of rotatable bonds is 6. The Bertz CT molecular complexity index is 1080. The first-order valence-electron chi connectivity index (χ1n) is 9.91. The highest BCUT2D eigenvalue weighted by Gasteiger charge is 2.38. The third kappa shape index (κ3) is 4.29. The lowest BCUT2D eigenvalue weighted by Crippen LogP contribution is -2.17. The molecule has 2 atom stereocenters. The summed E-state index contributed by atoms with van der Waals surface area (Å²) < 4.78 is 32.8. The minimum absolute atomic E-state index is 0.324. The van der Waals surface area contributed by atoms with Crippen LogP contribution in [-0.2, 0) is 20.0 Å². The van der Waals surface area contributed by atoms with Crippen LogP contribution >= 0.6 is 19.3 Å². The highest BCUT2D eigenvalue weighted by Crippen LogP contribution is 2.58. The Morgan fingerprint density at radius 3 is 2.70 bits per heavy atom. The fourth-order valence-corrected chi connectivity index (χ4v) is 5.68. The highest BCUT2D eigenvalue weighted by molar-refractivity contribution is 7.52. The molecule has 1 aliphatic heterocycles. The molecule has 2 heterocycles. The molecule has 0 amide bonds. The summed E-state index contributed by atoms with van der Waals surface area (Å²) in [6.45, 7) is 1.23. The lowest BCUT2D eigenvalue weighted by Gasteiger charge is -2.30. The van der Waals surface area contributed by atoms with E-state index >= 15 is 0 Å². The molecule has 4 rings (SSSR count). The molecule has 30 heavy (non-hydrogen) atoms. The van der Waals surface area contributed by atoms with Crippen LogP contribution in [-0.4, -0.2) is 43.6 Å². The monoisotopic (exact) mass is 448 g/mol. The Morgan fingerprint density at radius 1 is 1.23 bits per heavy atom. The van der Waals surface area contributed by atoms with Gasteiger partial charge in [-0.3, -0.25) is 13.4 Å². The van der Waals surface area contributed by atoms with E-state index in [0.717, 1.165) is 35.0 Å². The Balaban J connectivity index is 1.74. The Kier molecular flexibility index (Phi) is 6.24. The number of halogens is 1. The zero-order chi connectivity index (χ0) is 21.3. The lowest BCUT2D eigenvalue weighted by atomic mass is 10.1. The van der Waals surface area contributed by atoms with E-state index in [-0.39, 0.29) is 6.10 Å². The summed E-state index contributed by atoms with van der Waals surface area (Å²) in [6, 6.07) is 13.2. The average Bonchev–Trinajstić information content (AvgIpc) is 3.11. The molecule has 0 spiro atoms. The van der Waals surface area contributed by atoms with Crippen molar-refractivity contribution in [3.05, 3.63) is 64.8 Å². The van der Waals surface area contributed by atoms with Gasteiger partial charge in [-0.15, -0.1) is 0 Å². The van der Waals surface area contributed by atoms with Crippen LogP contribution in [0.25, 0.3) is 10.9 Å².